The van der Waals surface area contributed by atoms with E-state index in [2.05, 4.69) is 29.6 Å². The van der Waals surface area contributed by atoms with Crippen molar-refractivity contribution in [2.45, 2.75) is 12.6 Å². The van der Waals surface area contributed by atoms with Crippen molar-refractivity contribution in [1.29, 1.82) is 0 Å². The van der Waals surface area contributed by atoms with Crippen LogP contribution in [0.15, 0.2) is 72.8 Å². The molecule has 0 aromatic heterocycles. The quantitative estimate of drug-likeness (QED) is 0.708. The van der Waals surface area contributed by atoms with Crippen LogP contribution in [-0.4, -0.2) is 25.2 Å². The molecule has 0 radical (unpaired) electrons. The number of rotatable bonds is 4. The molecular formula is C23H22N2O2. The summed E-state index contributed by atoms with van der Waals surface area (Å²) in [6.45, 7) is 0.476. The Morgan fingerprint density at radius 2 is 1.48 bits per heavy atom. The number of carbonyl (C=O) groups excluding carboxylic acids is 1. The molecule has 0 saturated carbocycles. The summed E-state index contributed by atoms with van der Waals surface area (Å²) in [6.07, 6.45) is -0.329. The summed E-state index contributed by atoms with van der Waals surface area (Å²) in [4.78, 5) is 14.5. The first kappa shape index (κ1) is 17.2. The van der Waals surface area contributed by atoms with Crippen LogP contribution in [-0.2, 0) is 11.3 Å². The zero-order chi connectivity index (χ0) is 18.8. The number of hydrogen-bond donors (Lipinski definition) is 1. The van der Waals surface area contributed by atoms with E-state index in [1.54, 1.807) is 4.90 Å². The minimum atomic E-state index is -0.329. The lowest BCUT2D eigenvalue weighted by atomic mass is 10.0. The fourth-order valence-corrected chi connectivity index (χ4v) is 3.82. The topological polar surface area (TPSA) is 41.6 Å². The Bertz CT molecular complexity index is 921. The van der Waals surface area contributed by atoms with Crippen molar-refractivity contribution >= 4 is 11.8 Å². The van der Waals surface area contributed by atoms with Gasteiger partial charge >= 0.3 is 6.09 Å². The number of nitrogens with one attached hydrogen (secondary N) is 1. The largest absolute Gasteiger partial charge is 0.453 e. The molecule has 0 unspecified atom stereocenters. The van der Waals surface area contributed by atoms with E-state index < -0.39 is 0 Å². The Labute approximate surface area is 159 Å². The molecule has 1 aliphatic rings. The Morgan fingerprint density at radius 1 is 0.926 bits per heavy atom. The third kappa shape index (κ3) is 3.04. The highest BCUT2D eigenvalue weighted by atomic mass is 16.5. The second-order valence-corrected chi connectivity index (χ2v) is 6.62. The predicted molar refractivity (Wildman–Crippen MR) is 108 cm³/mol. The molecule has 0 atom stereocenters. The number of hydrogen-bond acceptors (Lipinski definition) is 3. The van der Waals surface area contributed by atoms with Gasteiger partial charge < -0.3 is 10.1 Å². The summed E-state index contributed by atoms with van der Waals surface area (Å²) in [6, 6.07) is 24.5. The molecule has 0 spiro atoms. The lowest BCUT2D eigenvalue weighted by molar-refractivity contribution is 0.109. The molecule has 0 aliphatic heterocycles. The molecule has 1 N–H and O–H groups in total. The van der Waals surface area contributed by atoms with Crippen molar-refractivity contribution in [3.8, 4) is 11.1 Å². The molecule has 0 saturated heterocycles. The number of carbonyl (C=O) groups is 1. The van der Waals surface area contributed by atoms with Gasteiger partial charge in [-0.1, -0.05) is 60.7 Å². The smallest absolute Gasteiger partial charge is 0.410 e. The molecule has 1 aliphatic carbocycles. The monoisotopic (exact) mass is 358 g/mol. The third-order valence-corrected chi connectivity index (χ3v) is 5.12. The normalized spacial score (nSPS) is 12.2. The number of fused-ring (bicyclic) bond motifs is 3. The van der Waals surface area contributed by atoms with E-state index in [0.717, 1.165) is 22.4 Å². The summed E-state index contributed by atoms with van der Waals surface area (Å²) in [7, 11) is 3.33. The maximum atomic E-state index is 12.7. The van der Waals surface area contributed by atoms with Crippen LogP contribution in [0.5, 0.6) is 0 Å². The second kappa shape index (κ2) is 7.16. The predicted octanol–water partition coefficient (Wildman–Crippen LogP) is 5.07. The van der Waals surface area contributed by atoms with Crippen molar-refractivity contribution < 1.29 is 9.53 Å². The molecular weight excluding hydrogens is 336 g/mol. The van der Waals surface area contributed by atoms with Gasteiger partial charge in [-0.15, -0.1) is 0 Å². The van der Waals surface area contributed by atoms with Gasteiger partial charge in [-0.2, -0.15) is 0 Å². The number of anilines is 1. The van der Waals surface area contributed by atoms with E-state index >= 15 is 0 Å². The molecule has 1 amide bonds. The molecule has 0 fully saturated rings. The van der Waals surface area contributed by atoms with Crippen molar-refractivity contribution in [3.63, 3.8) is 0 Å². The van der Waals surface area contributed by atoms with Gasteiger partial charge in [0, 0.05) is 19.3 Å². The van der Waals surface area contributed by atoms with Crippen LogP contribution in [0.2, 0.25) is 0 Å². The number of ether oxygens (including phenoxy) is 1. The van der Waals surface area contributed by atoms with Gasteiger partial charge in [-0.25, -0.2) is 4.79 Å². The van der Waals surface area contributed by atoms with Gasteiger partial charge in [0.05, 0.1) is 13.2 Å². The van der Waals surface area contributed by atoms with Gasteiger partial charge in [0.2, 0.25) is 0 Å². The third-order valence-electron chi connectivity index (χ3n) is 5.12. The first-order chi connectivity index (χ1) is 13.2. The lowest BCUT2D eigenvalue weighted by Crippen LogP contribution is -2.34. The maximum Gasteiger partial charge on any atom is 0.410 e. The fourth-order valence-electron chi connectivity index (χ4n) is 3.82. The molecule has 136 valence electrons. The van der Waals surface area contributed by atoms with E-state index in [1.807, 2.05) is 55.6 Å². The maximum absolute atomic E-state index is 12.7. The van der Waals surface area contributed by atoms with E-state index in [0.29, 0.717) is 6.54 Å². The summed E-state index contributed by atoms with van der Waals surface area (Å²) in [5, 5.41) is 3.12. The zero-order valence-electron chi connectivity index (χ0n) is 15.5. The first-order valence-electron chi connectivity index (χ1n) is 9.02. The van der Waals surface area contributed by atoms with E-state index in [-0.39, 0.29) is 12.1 Å². The fraction of sp³-hybridized carbons (Fsp3) is 0.174. The van der Waals surface area contributed by atoms with Gasteiger partial charge in [-0.05, 0) is 39.9 Å². The second-order valence-electron chi connectivity index (χ2n) is 6.62. The summed E-state index contributed by atoms with van der Waals surface area (Å²) in [5.74, 6) is 0. The van der Waals surface area contributed by atoms with Crippen LogP contribution in [0.25, 0.3) is 11.1 Å². The molecule has 4 heteroatoms. The van der Waals surface area contributed by atoms with Crippen LogP contribution in [0, 0.1) is 0 Å². The molecule has 3 aromatic rings. The summed E-state index contributed by atoms with van der Waals surface area (Å²) < 4.78 is 5.15. The molecule has 4 rings (SSSR count). The van der Waals surface area contributed by atoms with Crippen molar-refractivity contribution in [2.24, 2.45) is 0 Å². The van der Waals surface area contributed by atoms with Crippen molar-refractivity contribution in [3.05, 3.63) is 89.5 Å². The average molecular weight is 358 g/mol. The highest BCUT2D eigenvalue weighted by Crippen LogP contribution is 2.46. The van der Waals surface area contributed by atoms with Gasteiger partial charge in [0.1, 0.15) is 0 Å². The Morgan fingerprint density at radius 3 is 2.00 bits per heavy atom. The Balaban J connectivity index is 1.77. The summed E-state index contributed by atoms with van der Waals surface area (Å²) >= 11 is 0. The molecule has 0 bridgehead atoms. The van der Waals surface area contributed by atoms with Crippen LogP contribution in [0.3, 0.4) is 0 Å². The number of benzene rings is 3. The number of amides is 1. The number of nitrogens with zero attached hydrogens (tertiary/aromatic N) is 1. The van der Waals surface area contributed by atoms with E-state index in [4.69, 9.17) is 4.74 Å². The minimum absolute atomic E-state index is 0.158. The van der Waals surface area contributed by atoms with Crippen molar-refractivity contribution in [1.82, 2.24) is 4.90 Å². The zero-order valence-corrected chi connectivity index (χ0v) is 15.5. The number of methoxy groups -OCH3 is 1. The Hall–Kier alpha value is -3.27. The van der Waals surface area contributed by atoms with Gasteiger partial charge in [0.25, 0.3) is 0 Å². The van der Waals surface area contributed by atoms with Crippen molar-refractivity contribution in [2.75, 3.05) is 19.5 Å². The van der Waals surface area contributed by atoms with Crippen LogP contribution >= 0.6 is 0 Å². The Kier molecular flexibility index (Phi) is 4.55. The van der Waals surface area contributed by atoms with Gasteiger partial charge in [-0.3, -0.25) is 4.90 Å². The molecule has 3 aromatic carbocycles. The first-order valence-corrected chi connectivity index (χ1v) is 9.02. The molecule has 0 heterocycles. The molecule has 27 heavy (non-hydrogen) atoms. The minimum Gasteiger partial charge on any atom is -0.453 e. The summed E-state index contributed by atoms with van der Waals surface area (Å²) in [5.41, 5.74) is 6.73. The standard InChI is InChI=1S/C23H22N2O2/c1-24-17-13-11-16(12-14-17)15-25(23(26)27-2)22-20-9-5-3-7-18(20)19-8-4-6-10-21(19)22/h3-14,22,24H,15H2,1-2H3. The van der Waals surface area contributed by atoms with Crippen LogP contribution in [0.4, 0.5) is 10.5 Å². The van der Waals surface area contributed by atoms with E-state index in [9.17, 15) is 4.79 Å². The SMILES string of the molecule is CNc1ccc(CN(C(=O)OC)C2c3ccccc3-c3ccccc32)cc1. The van der Waals surface area contributed by atoms with E-state index in [1.165, 1.54) is 18.2 Å². The highest BCUT2D eigenvalue weighted by Gasteiger charge is 2.35. The van der Waals surface area contributed by atoms with Gasteiger partial charge in [0.15, 0.2) is 0 Å². The highest BCUT2D eigenvalue weighted by molar-refractivity contribution is 5.81. The average Bonchev–Trinajstić information content (AvgIpc) is 3.06. The molecule has 4 nitrogen and oxygen atoms in total. The van der Waals surface area contributed by atoms with Crippen LogP contribution < -0.4 is 5.32 Å². The lowest BCUT2D eigenvalue weighted by Gasteiger charge is -2.29. The van der Waals surface area contributed by atoms with Crippen LogP contribution in [0.1, 0.15) is 22.7 Å².